The van der Waals surface area contributed by atoms with Crippen molar-refractivity contribution in [3.05, 3.63) is 48.4 Å². The van der Waals surface area contributed by atoms with E-state index in [0.29, 0.717) is 11.2 Å². The average molecular weight is 299 g/mol. The second kappa shape index (κ2) is 5.18. The third-order valence-electron chi connectivity index (χ3n) is 4.45. The number of hydrogen-bond acceptors (Lipinski definition) is 3. The van der Waals surface area contributed by atoms with Gasteiger partial charge in [0.25, 0.3) is 0 Å². The molecule has 3 nitrogen and oxygen atoms in total. The summed E-state index contributed by atoms with van der Waals surface area (Å²) in [5.41, 5.74) is 0.809. The van der Waals surface area contributed by atoms with Gasteiger partial charge in [-0.25, -0.2) is 4.98 Å². The maximum Gasteiger partial charge on any atom is 0.499 e. The summed E-state index contributed by atoms with van der Waals surface area (Å²) in [5, 5.41) is 0. The van der Waals surface area contributed by atoms with Crippen molar-refractivity contribution in [2.24, 2.45) is 0 Å². The van der Waals surface area contributed by atoms with E-state index in [2.05, 4.69) is 4.98 Å². The van der Waals surface area contributed by atoms with Gasteiger partial charge in [-0.1, -0.05) is 36.4 Å². The summed E-state index contributed by atoms with van der Waals surface area (Å²) in [7, 11) is -0.734. The maximum atomic E-state index is 14.4. The molecule has 0 atom stereocenters. The standard InChI is InChI=1S/C17H19BFNO2/c1-16(2)17(3,4)22-18(21-16)13-10-11-14(20-15(13)19)12-8-6-5-7-9-12/h5-11H,1-4H3. The van der Waals surface area contributed by atoms with E-state index in [9.17, 15) is 4.39 Å². The lowest BCUT2D eigenvalue weighted by Gasteiger charge is -2.32. The van der Waals surface area contributed by atoms with Crippen molar-refractivity contribution in [1.29, 1.82) is 0 Å². The van der Waals surface area contributed by atoms with Gasteiger partial charge in [0.05, 0.1) is 16.9 Å². The maximum absolute atomic E-state index is 14.4. The molecule has 1 aliphatic heterocycles. The van der Waals surface area contributed by atoms with Crippen molar-refractivity contribution in [1.82, 2.24) is 4.98 Å². The minimum atomic E-state index is -0.734. The predicted octanol–water partition coefficient (Wildman–Crippen LogP) is 3.19. The van der Waals surface area contributed by atoms with E-state index in [1.807, 2.05) is 58.0 Å². The van der Waals surface area contributed by atoms with Crippen LogP contribution in [0.5, 0.6) is 0 Å². The first kappa shape index (κ1) is 15.2. The molecule has 0 N–H and O–H groups in total. The molecule has 1 fully saturated rings. The molecule has 2 aromatic rings. The summed E-state index contributed by atoms with van der Waals surface area (Å²) in [6, 6.07) is 13.0. The van der Waals surface area contributed by atoms with Crippen molar-refractivity contribution in [2.45, 2.75) is 38.9 Å². The van der Waals surface area contributed by atoms with Gasteiger partial charge in [-0.3, -0.25) is 0 Å². The normalized spacial score (nSPS) is 19.4. The topological polar surface area (TPSA) is 31.4 Å². The first-order chi connectivity index (χ1) is 10.3. The number of halogens is 1. The number of benzene rings is 1. The van der Waals surface area contributed by atoms with Gasteiger partial charge in [-0.05, 0) is 33.8 Å². The molecule has 0 aliphatic carbocycles. The summed E-state index contributed by atoms with van der Waals surface area (Å²) in [4.78, 5) is 4.06. The number of hydrogen-bond donors (Lipinski definition) is 0. The van der Waals surface area contributed by atoms with Gasteiger partial charge >= 0.3 is 7.12 Å². The summed E-state index contributed by atoms with van der Waals surface area (Å²) in [5.74, 6) is -0.556. The highest BCUT2D eigenvalue weighted by molar-refractivity contribution is 6.62. The Bertz CT molecular complexity index is 672. The molecule has 0 saturated carbocycles. The summed E-state index contributed by atoms with van der Waals surface area (Å²) in [6.07, 6.45) is 0. The fourth-order valence-electron chi connectivity index (χ4n) is 2.36. The van der Waals surface area contributed by atoms with Crippen molar-refractivity contribution >= 4 is 12.6 Å². The van der Waals surface area contributed by atoms with E-state index in [4.69, 9.17) is 9.31 Å². The molecule has 114 valence electrons. The zero-order valence-corrected chi connectivity index (χ0v) is 13.3. The van der Waals surface area contributed by atoms with Crippen LogP contribution in [-0.2, 0) is 9.31 Å². The number of aromatic nitrogens is 1. The second-order valence-corrected chi connectivity index (χ2v) is 6.53. The van der Waals surface area contributed by atoms with Crippen LogP contribution in [0.2, 0.25) is 0 Å². The van der Waals surface area contributed by atoms with Gasteiger partial charge in [0.15, 0.2) is 0 Å². The molecule has 1 aliphatic rings. The smallest absolute Gasteiger partial charge is 0.399 e. The fourth-order valence-corrected chi connectivity index (χ4v) is 2.36. The molecule has 1 aromatic heterocycles. The van der Waals surface area contributed by atoms with Crippen LogP contribution in [0.4, 0.5) is 4.39 Å². The second-order valence-electron chi connectivity index (χ2n) is 6.53. The van der Waals surface area contributed by atoms with Crippen molar-refractivity contribution < 1.29 is 13.7 Å². The Morgan fingerprint density at radius 3 is 2.05 bits per heavy atom. The van der Waals surface area contributed by atoms with Gasteiger partial charge in [0.1, 0.15) is 0 Å². The molecule has 3 rings (SSSR count). The van der Waals surface area contributed by atoms with Gasteiger partial charge in [-0.15, -0.1) is 0 Å². The molecule has 0 bridgehead atoms. The monoisotopic (exact) mass is 299 g/mol. The Hall–Kier alpha value is -1.72. The van der Waals surface area contributed by atoms with Crippen LogP contribution in [0.25, 0.3) is 11.3 Å². The quantitative estimate of drug-likeness (QED) is 0.630. The van der Waals surface area contributed by atoms with Crippen LogP contribution in [-0.4, -0.2) is 23.3 Å². The molecule has 0 unspecified atom stereocenters. The molecule has 0 amide bonds. The Morgan fingerprint density at radius 2 is 1.50 bits per heavy atom. The molecular weight excluding hydrogens is 280 g/mol. The number of rotatable bonds is 2. The Balaban J connectivity index is 1.91. The third kappa shape index (κ3) is 2.55. The lowest BCUT2D eigenvalue weighted by molar-refractivity contribution is 0.00578. The van der Waals surface area contributed by atoms with Gasteiger partial charge < -0.3 is 9.31 Å². The summed E-state index contributed by atoms with van der Waals surface area (Å²) < 4.78 is 26.2. The molecule has 0 spiro atoms. The van der Waals surface area contributed by atoms with E-state index in [1.165, 1.54) is 0 Å². The van der Waals surface area contributed by atoms with E-state index < -0.39 is 24.3 Å². The van der Waals surface area contributed by atoms with Gasteiger partial charge in [-0.2, -0.15) is 4.39 Å². The van der Waals surface area contributed by atoms with Crippen LogP contribution in [0.1, 0.15) is 27.7 Å². The molecule has 22 heavy (non-hydrogen) atoms. The van der Waals surface area contributed by atoms with E-state index >= 15 is 0 Å². The van der Waals surface area contributed by atoms with Crippen LogP contribution in [0, 0.1) is 5.95 Å². The fraction of sp³-hybridized carbons (Fsp3) is 0.353. The number of nitrogens with zero attached hydrogens (tertiary/aromatic N) is 1. The Kier molecular flexibility index (Phi) is 3.58. The van der Waals surface area contributed by atoms with Crippen LogP contribution in [0.15, 0.2) is 42.5 Å². The predicted molar refractivity (Wildman–Crippen MR) is 85.3 cm³/mol. The molecule has 5 heteroatoms. The zero-order valence-electron chi connectivity index (χ0n) is 13.3. The molecule has 1 saturated heterocycles. The number of pyridine rings is 1. The highest BCUT2D eigenvalue weighted by atomic mass is 19.1. The van der Waals surface area contributed by atoms with E-state index in [-0.39, 0.29) is 0 Å². The molecular formula is C17H19BFNO2. The van der Waals surface area contributed by atoms with Crippen LogP contribution in [0.3, 0.4) is 0 Å². The van der Waals surface area contributed by atoms with Gasteiger partial charge in [0.2, 0.25) is 5.95 Å². The van der Waals surface area contributed by atoms with E-state index in [0.717, 1.165) is 5.56 Å². The SMILES string of the molecule is CC1(C)OB(c2ccc(-c3ccccc3)nc2F)OC1(C)C. The summed E-state index contributed by atoms with van der Waals surface area (Å²) in [6.45, 7) is 7.76. The van der Waals surface area contributed by atoms with E-state index in [1.54, 1.807) is 12.1 Å². The molecule has 2 heterocycles. The van der Waals surface area contributed by atoms with Crippen molar-refractivity contribution in [3.63, 3.8) is 0 Å². The van der Waals surface area contributed by atoms with Crippen molar-refractivity contribution in [2.75, 3.05) is 0 Å². The van der Waals surface area contributed by atoms with Crippen LogP contribution < -0.4 is 5.46 Å². The first-order valence-electron chi connectivity index (χ1n) is 7.38. The zero-order chi connectivity index (χ0) is 16.0. The Morgan fingerprint density at radius 1 is 0.909 bits per heavy atom. The lowest BCUT2D eigenvalue weighted by atomic mass is 9.80. The highest BCUT2D eigenvalue weighted by Gasteiger charge is 2.52. The minimum absolute atomic E-state index is 0.332. The van der Waals surface area contributed by atoms with Crippen molar-refractivity contribution in [3.8, 4) is 11.3 Å². The van der Waals surface area contributed by atoms with Gasteiger partial charge in [0, 0.05) is 11.0 Å². The van der Waals surface area contributed by atoms with Crippen LogP contribution >= 0.6 is 0 Å². The average Bonchev–Trinajstić information content (AvgIpc) is 2.68. The largest absolute Gasteiger partial charge is 0.499 e. The highest BCUT2D eigenvalue weighted by Crippen LogP contribution is 2.36. The molecule has 0 radical (unpaired) electrons. The minimum Gasteiger partial charge on any atom is -0.399 e. The Labute approximate surface area is 130 Å². The first-order valence-corrected chi connectivity index (χ1v) is 7.38. The molecule has 1 aromatic carbocycles. The lowest BCUT2D eigenvalue weighted by Crippen LogP contribution is -2.41. The third-order valence-corrected chi connectivity index (χ3v) is 4.45. The summed E-state index contributed by atoms with van der Waals surface area (Å²) >= 11 is 0.